The maximum absolute atomic E-state index is 12.6. The molecule has 196 valence electrons. The Bertz CT molecular complexity index is 1390. The van der Waals surface area contributed by atoms with E-state index in [1.807, 2.05) is 22.9 Å². The molecule has 0 saturated carbocycles. The molecule has 0 radical (unpaired) electrons. The van der Waals surface area contributed by atoms with E-state index in [1.54, 1.807) is 36.7 Å². The number of amides is 1. The van der Waals surface area contributed by atoms with Gasteiger partial charge in [-0.3, -0.25) is 14.6 Å². The van der Waals surface area contributed by atoms with Gasteiger partial charge in [0.2, 0.25) is 5.91 Å². The fraction of sp³-hybridized carbons (Fsp3) is 0.267. The van der Waals surface area contributed by atoms with Crippen LogP contribution in [-0.4, -0.2) is 32.7 Å². The third-order valence-electron chi connectivity index (χ3n) is 6.26. The zero-order valence-electron chi connectivity index (χ0n) is 21.9. The molecule has 0 spiro atoms. The number of benzene rings is 2. The van der Waals surface area contributed by atoms with E-state index in [9.17, 15) is 9.59 Å². The fourth-order valence-electron chi connectivity index (χ4n) is 4.03. The topological polar surface area (TPSA) is 126 Å². The minimum absolute atomic E-state index is 0.0526. The van der Waals surface area contributed by atoms with E-state index in [0.717, 1.165) is 28.2 Å². The normalized spacial score (nSPS) is 12.2. The summed E-state index contributed by atoms with van der Waals surface area (Å²) in [6, 6.07) is 20.3. The number of hydrogen-bond acceptors (Lipinski definition) is 6. The summed E-state index contributed by atoms with van der Waals surface area (Å²) in [5, 5.41) is 4.81. The summed E-state index contributed by atoms with van der Waals surface area (Å²) in [7, 11) is 0. The summed E-state index contributed by atoms with van der Waals surface area (Å²) in [5.41, 5.74) is 16.6. The highest BCUT2D eigenvalue weighted by atomic mass is 16.5. The second kappa shape index (κ2) is 11.4. The lowest BCUT2D eigenvalue weighted by atomic mass is 9.87. The molecule has 0 fully saturated rings. The summed E-state index contributed by atoms with van der Waals surface area (Å²) >= 11 is 0. The van der Waals surface area contributed by atoms with E-state index in [2.05, 4.69) is 50.0 Å². The first kappa shape index (κ1) is 26.8. The van der Waals surface area contributed by atoms with Crippen LogP contribution in [0, 0.1) is 0 Å². The number of nitrogens with two attached hydrogens (primary N) is 2. The number of aryl methyl sites for hydroxylation is 1. The van der Waals surface area contributed by atoms with E-state index < -0.39 is 11.9 Å². The molecule has 0 bridgehead atoms. The third-order valence-corrected chi connectivity index (χ3v) is 6.26. The average molecular weight is 512 g/mol. The molecule has 0 aliphatic carbocycles. The van der Waals surface area contributed by atoms with Crippen molar-refractivity contribution in [3.63, 3.8) is 0 Å². The van der Waals surface area contributed by atoms with Crippen LogP contribution in [0.3, 0.4) is 0 Å². The van der Waals surface area contributed by atoms with Gasteiger partial charge in [-0.2, -0.15) is 5.10 Å². The standard InChI is InChI=1S/C30H33N5O3/c1-30(2,3)22-8-11-24(12-9-22)35-27(21-5-4-16-33-19-21)18-23(34-35)10-15-28(36)38-25-13-6-20(7-14-25)17-26(31)29(32)37/h4-9,11-14,16,18-19,26H,10,15,17,31H2,1-3H3,(H2,32,37). The molecule has 2 aromatic heterocycles. The largest absolute Gasteiger partial charge is 0.427 e. The van der Waals surface area contributed by atoms with Crippen LogP contribution in [0.2, 0.25) is 0 Å². The second-order valence-electron chi connectivity index (χ2n) is 10.3. The number of hydrogen-bond donors (Lipinski definition) is 2. The summed E-state index contributed by atoms with van der Waals surface area (Å²) < 4.78 is 7.38. The van der Waals surface area contributed by atoms with Crippen molar-refractivity contribution in [2.75, 3.05) is 0 Å². The van der Waals surface area contributed by atoms with Gasteiger partial charge >= 0.3 is 5.97 Å². The lowest BCUT2D eigenvalue weighted by Crippen LogP contribution is -2.38. The lowest BCUT2D eigenvalue weighted by molar-refractivity contribution is -0.134. The van der Waals surface area contributed by atoms with Crippen LogP contribution >= 0.6 is 0 Å². The first-order chi connectivity index (χ1) is 18.1. The van der Waals surface area contributed by atoms with Crippen LogP contribution in [0.25, 0.3) is 16.9 Å². The summed E-state index contributed by atoms with van der Waals surface area (Å²) in [6.45, 7) is 6.55. The van der Waals surface area contributed by atoms with Crippen LogP contribution in [0.15, 0.2) is 79.1 Å². The van der Waals surface area contributed by atoms with Gasteiger partial charge in [0.05, 0.1) is 29.5 Å². The fourth-order valence-corrected chi connectivity index (χ4v) is 4.03. The number of ether oxygens (including phenoxy) is 1. The molecule has 8 nitrogen and oxygen atoms in total. The van der Waals surface area contributed by atoms with Crippen molar-refractivity contribution >= 4 is 11.9 Å². The molecule has 0 aliphatic rings. The predicted molar refractivity (Wildman–Crippen MR) is 147 cm³/mol. The highest BCUT2D eigenvalue weighted by molar-refractivity contribution is 5.80. The van der Waals surface area contributed by atoms with Gasteiger partial charge in [0, 0.05) is 24.4 Å². The number of carbonyl (C=O) groups excluding carboxylic acids is 2. The highest BCUT2D eigenvalue weighted by Gasteiger charge is 2.17. The lowest BCUT2D eigenvalue weighted by Gasteiger charge is -2.19. The molecular weight excluding hydrogens is 478 g/mol. The number of rotatable bonds is 9. The van der Waals surface area contributed by atoms with Gasteiger partial charge in [-0.25, -0.2) is 4.68 Å². The maximum Gasteiger partial charge on any atom is 0.311 e. The van der Waals surface area contributed by atoms with E-state index >= 15 is 0 Å². The number of nitrogens with zero attached hydrogens (tertiary/aromatic N) is 3. The van der Waals surface area contributed by atoms with Crippen LogP contribution in [0.5, 0.6) is 5.75 Å². The molecule has 1 atom stereocenters. The SMILES string of the molecule is CC(C)(C)c1ccc(-n2nc(CCC(=O)Oc3ccc(CC(N)C(N)=O)cc3)cc2-c2cccnc2)cc1. The molecule has 0 saturated heterocycles. The molecular formula is C30H33N5O3. The van der Waals surface area contributed by atoms with Crippen molar-refractivity contribution in [3.8, 4) is 22.7 Å². The molecule has 4 aromatic rings. The van der Waals surface area contributed by atoms with Crippen LogP contribution in [0.1, 0.15) is 44.0 Å². The van der Waals surface area contributed by atoms with Crippen molar-refractivity contribution in [1.82, 2.24) is 14.8 Å². The quantitative estimate of drug-likeness (QED) is 0.257. The van der Waals surface area contributed by atoms with Gasteiger partial charge in [0.1, 0.15) is 5.75 Å². The monoisotopic (exact) mass is 511 g/mol. The highest BCUT2D eigenvalue weighted by Crippen LogP contribution is 2.27. The van der Waals surface area contributed by atoms with Crippen LogP contribution in [0.4, 0.5) is 0 Å². The van der Waals surface area contributed by atoms with Crippen molar-refractivity contribution in [2.24, 2.45) is 11.5 Å². The number of primary amides is 1. The first-order valence-electron chi connectivity index (χ1n) is 12.5. The minimum Gasteiger partial charge on any atom is -0.427 e. The molecule has 4 rings (SSSR count). The summed E-state index contributed by atoms with van der Waals surface area (Å²) in [5.74, 6) is -0.498. The molecule has 1 unspecified atom stereocenters. The van der Waals surface area contributed by atoms with Gasteiger partial charge in [-0.05, 0) is 65.4 Å². The Morgan fingerprint density at radius 1 is 1.03 bits per heavy atom. The van der Waals surface area contributed by atoms with E-state index in [0.29, 0.717) is 18.6 Å². The van der Waals surface area contributed by atoms with Gasteiger partial charge in [0.15, 0.2) is 0 Å². The predicted octanol–water partition coefficient (Wildman–Crippen LogP) is 4.13. The Kier molecular flexibility index (Phi) is 8.02. The zero-order chi connectivity index (χ0) is 27.3. The Balaban J connectivity index is 1.46. The van der Waals surface area contributed by atoms with E-state index in [-0.39, 0.29) is 17.8 Å². The van der Waals surface area contributed by atoms with Crippen LogP contribution in [-0.2, 0) is 27.8 Å². The Hall–Kier alpha value is -4.30. The van der Waals surface area contributed by atoms with Gasteiger partial charge < -0.3 is 16.2 Å². The Morgan fingerprint density at radius 3 is 2.34 bits per heavy atom. The Labute approximate surface area is 222 Å². The van der Waals surface area contributed by atoms with Gasteiger partial charge in [-0.1, -0.05) is 45.0 Å². The van der Waals surface area contributed by atoms with Gasteiger partial charge in [-0.15, -0.1) is 0 Å². The molecule has 2 aromatic carbocycles. The molecule has 0 aliphatic heterocycles. The number of pyridine rings is 1. The first-order valence-corrected chi connectivity index (χ1v) is 12.5. The van der Waals surface area contributed by atoms with Crippen molar-refractivity contribution in [1.29, 1.82) is 0 Å². The molecule has 2 heterocycles. The minimum atomic E-state index is -0.754. The second-order valence-corrected chi connectivity index (χ2v) is 10.3. The number of aromatic nitrogens is 3. The average Bonchev–Trinajstić information content (AvgIpc) is 3.33. The third kappa shape index (κ3) is 6.72. The molecule has 4 N–H and O–H groups in total. The Morgan fingerprint density at radius 2 is 1.74 bits per heavy atom. The van der Waals surface area contributed by atoms with Crippen molar-refractivity contribution in [3.05, 3.63) is 95.9 Å². The van der Waals surface area contributed by atoms with E-state index in [4.69, 9.17) is 21.3 Å². The summed E-state index contributed by atoms with van der Waals surface area (Å²) in [6.07, 6.45) is 4.45. The number of esters is 1. The summed E-state index contributed by atoms with van der Waals surface area (Å²) in [4.78, 5) is 28.0. The van der Waals surface area contributed by atoms with Gasteiger partial charge in [0.25, 0.3) is 0 Å². The molecule has 38 heavy (non-hydrogen) atoms. The smallest absolute Gasteiger partial charge is 0.311 e. The van der Waals surface area contributed by atoms with Crippen LogP contribution < -0.4 is 16.2 Å². The van der Waals surface area contributed by atoms with Crippen molar-refractivity contribution in [2.45, 2.75) is 51.5 Å². The van der Waals surface area contributed by atoms with E-state index in [1.165, 1.54) is 5.56 Å². The van der Waals surface area contributed by atoms with Crippen molar-refractivity contribution < 1.29 is 14.3 Å². The molecule has 1 amide bonds. The molecule has 8 heteroatoms. The number of carbonyl (C=O) groups is 2. The maximum atomic E-state index is 12.6. The zero-order valence-corrected chi connectivity index (χ0v) is 21.9.